The standard InChI is InChI=1S/C30H28ClN3O6/c31-23-9-7-22(8-10-23)28(36)33-14-12-30(13-15-33)34(29(37)21-4-2-1-3-5-21)24(18-40-30)27(35)32-17-20-6-11-25-26(16-20)39-19-38-25/h1-11,16,24H,12-15,17-19H2,(H,32,35)/t24-/m1/s1. The largest absolute Gasteiger partial charge is 0.454 e. The van der Waals surface area contributed by atoms with Crippen molar-refractivity contribution in [2.45, 2.75) is 31.2 Å². The lowest BCUT2D eigenvalue weighted by Crippen LogP contribution is -2.59. The van der Waals surface area contributed by atoms with Gasteiger partial charge in [-0.15, -0.1) is 0 Å². The van der Waals surface area contributed by atoms with Gasteiger partial charge in [0.05, 0.1) is 6.61 Å². The second-order valence-corrected chi connectivity index (χ2v) is 10.5. The van der Waals surface area contributed by atoms with E-state index in [1.54, 1.807) is 58.3 Å². The van der Waals surface area contributed by atoms with E-state index >= 15 is 0 Å². The molecule has 0 aliphatic carbocycles. The van der Waals surface area contributed by atoms with Gasteiger partial charge in [-0.1, -0.05) is 35.9 Å². The predicted molar refractivity (Wildman–Crippen MR) is 146 cm³/mol. The molecule has 0 bridgehead atoms. The zero-order valence-corrected chi connectivity index (χ0v) is 22.4. The Bertz CT molecular complexity index is 1420. The molecule has 3 aliphatic heterocycles. The maximum Gasteiger partial charge on any atom is 0.256 e. The van der Waals surface area contributed by atoms with Gasteiger partial charge >= 0.3 is 0 Å². The van der Waals surface area contributed by atoms with Crippen LogP contribution in [0.4, 0.5) is 0 Å². The third kappa shape index (κ3) is 4.98. The Morgan fingerprint density at radius 1 is 0.875 bits per heavy atom. The van der Waals surface area contributed by atoms with Gasteiger partial charge in [0.1, 0.15) is 11.8 Å². The minimum atomic E-state index is -0.996. The molecular weight excluding hydrogens is 534 g/mol. The first-order valence-corrected chi connectivity index (χ1v) is 13.6. The van der Waals surface area contributed by atoms with E-state index in [9.17, 15) is 14.4 Å². The molecule has 10 heteroatoms. The highest BCUT2D eigenvalue weighted by atomic mass is 35.5. The van der Waals surface area contributed by atoms with Gasteiger partial charge in [-0.2, -0.15) is 0 Å². The number of amides is 3. The highest BCUT2D eigenvalue weighted by molar-refractivity contribution is 6.30. The number of piperidine rings is 1. The van der Waals surface area contributed by atoms with Crippen molar-refractivity contribution in [3.05, 3.63) is 94.5 Å². The Morgan fingerprint density at radius 2 is 1.57 bits per heavy atom. The minimum Gasteiger partial charge on any atom is -0.454 e. The number of hydrogen-bond donors (Lipinski definition) is 1. The SMILES string of the molecule is O=C(NCc1ccc2c(c1)OCO2)[C@H]1COC2(CCN(C(=O)c3ccc(Cl)cc3)CC2)N1C(=O)c1ccccc1. The summed E-state index contributed by atoms with van der Waals surface area (Å²) in [5, 5.41) is 3.52. The van der Waals surface area contributed by atoms with E-state index in [1.807, 2.05) is 24.3 Å². The van der Waals surface area contributed by atoms with Crippen LogP contribution in [0.25, 0.3) is 0 Å². The molecule has 3 aromatic carbocycles. The molecule has 0 unspecified atom stereocenters. The fourth-order valence-electron chi connectivity index (χ4n) is 5.48. The Kier molecular flexibility index (Phi) is 7.08. The van der Waals surface area contributed by atoms with Crippen LogP contribution >= 0.6 is 11.6 Å². The number of rotatable bonds is 5. The van der Waals surface area contributed by atoms with Crippen LogP contribution in [0.15, 0.2) is 72.8 Å². The van der Waals surface area contributed by atoms with E-state index < -0.39 is 11.8 Å². The molecule has 6 rings (SSSR count). The molecule has 0 radical (unpaired) electrons. The average molecular weight is 562 g/mol. The van der Waals surface area contributed by atoms with Gasteiger partial charge in [0.2, 0.25) is 12.7 Å². The molecule has 40 heavy (non-hydrogen) atoms. The number of halogens is 1. The summed E-state index contributed by atoms with van der Waals surface area (Å²) >= 11 is 5.98. The van der Waals surface area contributed by atoms with Crippen molar-refractivity contribution in [1.29, 1.82) is 0 Å². The van der Waals surface area contributed by atoms with Crippen molar-refractivity contribution in [3.8, 4) is 11.5 Å². The molecule has 2 saturated heterocycles. The van der Waals surface area contributed by atoms with Crippen LogP contribution in [-0.4, -0.2) is 65.8 Å². The molecule has 1 spiro atoms. The Labute approximate surface area is 236 Å². The molecule has 2 fully saturated rings. The average Bonchev–Trinajstić information content (AvgIpc) is 3.61. The molecule has 3 heterocycles. The van der Waals surface area contributed by atoms with E-state index in [-0.39, 0.29) is 37.7 Å². The number of carbonyl (C=O) groups excluding carboxylic acids is 3. The summed E-state index contributed by atoms with van der Waals surface area (Å²) in [7, 11) is 0. The van der Waals surface area contributed by atoms with E-state index in [1.165, 1.54) is 0 Å². The quantitative estimate of drug-likeness (QED) is 0.508. The summed E-state index contributed by atoms with van der Waals surface area (Å²) < 4.78 is 17.1. The Balaban J connectivity index is 1.19. The molecule has 9 nitrogen and oxygen atoms in total. The summed E-state index contributed by atoms with van der Waals surface area (Å²) in [5.41, 5.74) is 0.872. The third-order valence-corrected chi connectivity index (χ3v) is 7.88. The van der Waals surface area contributed by atoms with Gasteiger partial charge in [-0.05, 0) is 54.1 Å². The highest BCUT2D eigenvalue weighted by Crippen LogP contribution is 2.39. The van der Waals surface area contributed by atoms with Crippen molar-refractivity contribution >= 4 is 29.3 Å². The zero-order valence-electron chi connectivity index (χ0n) is 21.7. The van der Waals surface area contributed by atoms with Crippen LogP contribution in [0.3, 0.4) is 0 Å². The molecule has 3 amide bonds. The van der Waals surface area contributed by atoms with Crippen molar-refractivity contribution in [1.82, 2.24) is 15.1 Å². The summed E-state index contributed by atoms with van der Waals surface area (Å²) in [6.45, 7) is 1.26. The minimum absolute atomic E-state index is 0.0661. The van der Waals surface area contributed by atoms with Crippen molar-refractivity contribution < 1.29 is 28.6 Å². The lowest BCUT2D eigenvalue weighted by molar-refractivity contribution is -0.128. The topological polar surface area (TPSA) is 97.4 Å². The van der Waals surface area contributed by atoms with Gasteiger partial charge in [0.15, 0.2) is 11.5 Å². The molecule has 3 aliphatic rings. The van der Waals surface area contributed by atoms with Crippen LogP contribution < -0.4 is 14.8 Å². The number of fused-ring (bicyclic) bond motifs is 1. The number of hydrogen-bond acceptors (Lipinski definition) is 6. The monoisotopic (exact) mass is 561 g/mol. The lowest BCUT2D eigenvalue weighted by Gasteiger charge is -2.44. The fourth-order valence-corrected chi connectivity index (χ4v) is 5.60. The van der Waals surface area contributed by atoms with Crippen LogP contribution in [0.1, 0.15) is 39.1 Å². The number of nitrogens with zero attached hydrogens (tertiary/aromatic N) is 2. The van der Waals surface area contributed by atoms with Gasteiger partial charge in [-0.25, -0.2) is 0 Å². The second-order valence-electron chi connectivity index (χ2n) is 10.0. The van der Waals surface area contributed by atoms with Gasteiger partial charge < -0.3 is 24.4 Å². The molecule has 3 aromatic rings. The zero-order chi connectivity index (χ0) is 27.7. The number of nitrogens with one attached hydrogen (secondary N) is 1. The van der Waals surface area contributed by atoms with Crippen LogP contribution in [0.2, 0.25) is 5.02 Å². The van der Waals surface area contributed by atoms with Gasteiger partial charge in [0.25, 0.3) is 11.8 Å². The summed E-state index contributed by atoms with van der Waals surface area (Å²) in [6.07, 6.45) is 0.772. The number of benzene rings is 3. The van der Waals surface area contributed by atoms with Crippen LogP contribution in [0.5, 0.6) is 11.5 Å². The number of likely N-dealkylation sites (tertiary alicyclic amines) is 1. The Morgan fingerprint density at radius 3 is 2.33 bits per heavy atom. The summed E-state index contributed by atoms with van der Waals surface area (Å²) in [6, 6.07) is 20.3. The maximum atomic E-state index is 13.8. The van der Waals surface area contributed by atoms with Crippen molar-refractivity contribution in [3.63, 3.8) is 0 Å². The first-order chi connectivity index (χ1) is 19.4. The molecule has 206 valence electrons. The lowest BCUT2D eigenvalue weighted by atomic mass is 9.96. The molecule has 1 atom stereocenters. The van der Waals surface area contributed by atoms with Crippen LogP contribution in [-0.2, 0) is 16.1 Å². The fraction of sp³-hybridized carbons (Fsp3) is 0.300. The summed E-state index contributed by atoms with van der Waals surface area (Å²) in [4.78, 5) is 43.8. The van der Waals surface area contributed by atoms with E-state index in [4.69, 9.17) is 25.8 Å². The normalized spacial score (nSPS) is 19.1. The number of ether oxygens (including phenoxy) is 3. The first-order valence-electron chi connectivity index (χ1n) is 13.2. The van der Waals surface area contributed by atoms with Gasteiger partial charge in [0, 0.05) is 48.6 Å². The van der Waals surface area contributed by atoms with Crippen LogP contribution in [0, 0.1) is 0 Å². The number of carbonyl (C=O) groups is 3. The summed E-state index contributed by atoms with van der Waals surface area (Å²) in [5.74, 6) is 0.609. The second kappa shape index (κ2) is 10.8. The highest BCUT2D eigenvalue weighted by Gasteiger charge is 2.54. The predicted octanol–water partition coefficient (Wildman–Crippen LogP) is 3.86. The first kappa shape index (κ1) is 26.2. The molecule has 0 saturated carbocycles. The van der Waals surface area contributed by atoms with Crippen molar-refractivity contribution in [2.75, 3.05) is 26.5 Å². The third-order valence-electron chi connectivity index (χ3n) is 7.63. The molecule has 1 N–H and O–H groups in total. The molecular formula is C30H28ClN3O6. The van der Waals surface area contributed by atoms with E-state index in [0.29, 0.717) is 53.6 Å². The smallest absolute Gasteiger partial charge is 0.256 e. The maximum absolute atomic E-state index is 13.8. The Hall–Kier alpha value is -4.08. The van der Waals surface area contributed by atoms with Crippen molar-refractivity contribution in [2.24, 2.45) is 0 Å². The van der Waals surface area contributed by atoms with E-state index in [2.05, 4.69) is 5.32 Å². The van der Waals surface area contributed by atoms with Gasteiger partial charge in [-0.3, -0.25) is 19.3 Å². The van der Waals surface area contributed by atoms with E-state index in [0.717, 1.165) is 5.56 Å². The molecule has 0 aromatic heterocycles.